The SMILES string of the molecule is CC(C)C[C@@H](/C=C/[C@H](Cc1ccccc1)C(=O)N1CCC[C@H]1C(=O)N[C@H](C(=O)N[C@@H](C)C(=O)NC1CC(C)(C)N(O)C(C)(C)C1)C(C)C)NC(=O)OCC[S+]([O-])CC1(C)COC1. The largest absolute Gasteiger partial charge is 0.616 e. The molecule has 5 amide bonds. The maximum Gasteiger partial charge on any atom is 0.407 e. The van der Waals surface area contributed by atoms with Gasteiger partial charge in [0.25, 0.3) is 0 Å². The van der Waals surface area contributed by atoms with Crippen molar-refractivity contribution in [3.8, 4) is 0 Å². The van der Waals surface area contributed by atoms with E-state index < -0.39 is 70.2 Å². The molecule has 4 rings (SSSR count). The summed E-state index contributed by atoms with van der Waals surface area (Å²) in [6.45, 7) is 20.5. The minimum atomic E-state index is -1.15. The molecule has 3 heterocycles. The van der Waals surface area contributed by atoms with Gasteiger partial charge in [0.1, 0.15) is 36.2 Å². The molecule has 16 heteroatoms. The molecule has 3 aliphatic heterocycles. The number of hydrogen-bond donors (Lipinski definition) is 5. The van der Waals surface area contributed by atoms with Crippen LogP contribution < -0.4 is 21.3 Å². The molecular weight excluding hydrogens is 813 g/mol. The predicted molar refractivity (Wildman–Crippen MR) is 239 cm³/mol. The van der Waals surface area contributed by atoms with E-state index in [1.165, 1.54) is 5.06 Å². The van der Waals surface area contributed by atoms with Crippen LogP contribution in [0.1, 0.15) is 107 Å². The third kappa shape index (κ3) is 14.7. The molecule has 1 aromatic rings. The van der Waals surface area contributed by atoms with Crippen LogP contribution in [0.4, 0.5) is 4.79 Å². The first-order chi connectivity index (χ1) is 29.0. The average Bonchev–Trinajstić information content (AvgIpc) is 3.66. The van der Waals surface area contributed by atoms with E-state index in [0.29, 0.717) is 64.0 Å². The summed E-state index contributed by atoms with van der Waals surface area (Å²) in [6.07, 6.45) is 6.00. The lowest BCUT2D eigenvalue weighted by molar-refractivity contribution is -0.246. The topological polar surface area (TPSA) is 202 Å². The smallest absolute Gasteiger partial charge is 0.407 e. The average molecular weight is 887 g/mol. The normalized spacial score (nSPS) is 22.3. The first-order valence-corrected chi connectivity index (χ1v) is 23.8. The molecule has 15 nitrogen and oxygen atoms in total. The van der Waals surface area contributed by atoms with Gasteiger partial charge in [0.05, 0.1) is 30.6 Å². The molecule has 3 fully saturated rings. The highest BCUT2D eigenvalue weighted by atomic mass is 32.2. The van der Waals surface area contributed by atoms with Crippen LogP contribution in [0.5, 0.6) is 0 Å². The summed E-state index contributed by atoms with van der Waals surface area (Å²) in [4.78, 5) is 70.0. The molecule has 0 bridgehead atoms. The van der Waals surface area contributed by atoms with Crippen LogP contribution in [0.2, 0.25) is 0 Å². The van der Waals surface area contributed by atoms with E-state index in [0.717, 1.165) is 5.56 Å². The highest BCUT2D eigenvalue weighted by Crippen LogP contribution is 2.36. The molecule has 3 saturated heterocycles. The van der Waals surface area contributed by atoms with Gasteiger partial charge in [-0.25, -0.2) is 4.79 Å². The summed E-state index contributed by atoms with van der Waals surface area (Å²) in [5.74, 6) is -1.61. The number of hydrogen-bond acceptors (Lipinski definition) is 10. The maximum atomic E-state index is 14.5. The fraction of sp³-hybridized carbons (Fsp3) is 0.717. The van der Waals surface area contributed by atoms with E-state index in [-0.39, 0.29) is 47.5 Å². The van der Waals surface area contributed by atoms with E-state index in [4.69, 9.17) is 9.47 Å². The molecule has 1 aromatic carbocycles. The molecule has 1 unspecified atom stereocenters. The fourth-order valence-electron chi connectivity index (χ4n) is 8.85. The van der Waals surface area contributed by atoms with Crippen molar-refractivity contribution in [1.82, 2.24) is 31.2 Å². The molecule has 3 aliphatic rings. The lowest BCUT2D eigenvalue weighted by Gasteiger charge is -2.51. The Morgan fingerprint density at radius 3 is 2.16 bits per heavy atom. The number of rotatable bonds is 20. The molecule has 0 aliphatic carbocycles. The summed E-state index contributed by atoms with van der Waals surface area (Å²) in [5.41, 5.74) is -0.300. The molecule has 0 spiro atoms. The molecular formula is C46H74N6O9S. The Bertz CT molecular complexity index is 1690. The van der Waals surface area contributed by atoms with Crippen molar-refractivity contribution in [3.63, 3.8) is 0 Å². The fourth-order valence-corrected chi connectivity index (χ4v) is 10.2. The Morgan fingerprint density at radius 2 is 1.58 bits per heavy atom. The van der Waals surface area contributed by atoms with Crippen LogP contribution in [0.3, 0.4) is 0 Å². The zero-order chi connectivity index (χ0) is 46.0. The van der Waals surface area contributed by atoms with Gasteiger partial charge in [0.15, 0.2) is 0 Å². The number of likely N-dealkylation sites (tertiary alicyclic amines) is 1. The Hall–Kier alpha value is -3.70. The van der Waals surface area contributed by atoms with Crippen molar-refractivity contribution in [3.05, 3.63) is 48.0 Å². The zero-order valence-electron chi connectivity index (χ0n) is 38.7. The Labute approximate surface area is 372 Å². The minimum Gasteiger partial charge on any atom is -0.616 e. The third-order valence-corrected chi connectivity index (χ3v) is 13.6. The van der Waals surface area contributed by atoms with Crippen LogP contribution >= 0.6 is 0 Å². The molecule has 0 saturated carbocycles. The molecule has 348 valence electrons. The van der Waals surface area contributed by atoms with Gasteiger partial charge in [0, 0.05) is 23.7 Å². The predicted octanol–water partition coefficient (Wildman–Crippen LogP) is 4.49. The highest BCUT2D eigenvalue weighted by Gasteiger charge is 2.46. The van der Waals surface area contributed by atoms with Crippen molar-refractivity contribution < 1.29 is 43.2 Å². The van der Waals surface area contributed by atoms with E-state index >= 15 is 0 Å². The van der Waals surface area contributed by atoms with Crippen molar-refractivity contribution in [2.75, 3.05) is 37.9 Å². The zero-order valence-corrected chi connectivity index (χ0v) is 39.5. The van der Waals surface area contributed by atoms with Gasteiger partial charge in [-0.05, 0) is 102 Å². The summed E-state index contributed by atoms with van der Waals surface area (Å²) >= 11 is -1.15. The van der Waals surface area contributed by atoms with Crippen LogP contribution in [0.15, 0.2) is 42.5 Å². The Morgan fingerprint density at radius 1 is 0.935 bits per heavy atom. The lowest BCUT2D eigenvalue weighted by atomic mass is 9.79. The first kappa shape index (κ1) is 50.9. The summed E-state index contributed by atoms with van der Waals surface area (Å²) < 4.78 is 23.2. The number of carbonyl (C=O) groups excluding carboxylic acids is 5. The van der Waals surface area contributed by atoms with Gasteiger partial charge in [-0.3, -0.25) is 19.2 Å². The summed E-state index contributed by atoms with van der Waals surface area (Å²) in [7, 11) is 0. The van der Waals surface area contributed by atoms with Crippen LogP contribution in [0, 0.1) is 23.2 Å². The second kappa shape index (κ2) is 22.3. The van der Waals surface area contributed by atoms with Gasteiger partial charge in [-0.15, -0.1) is 0 Å². The molecule has 62 heavy (non-hydrogen) atoms. The second-order valence-electron chi connectivity index (χ2n) is 20.0. The van der Waals surface area contributed by atoms with Crippen molar-refractivity contribution in [1.29, 1.82) is 0 Å². The molecule has 6 atom stereocenters. The molecule has 0 aromatic heterocycles. The van der Waals surface area contributed by atoms with Gasteiger partial charge < -0.3 is 45.4 Å². The van der Waals surface area contributed by atoms with Crippen LogP contribution in [-0.2, 0) is 46.2 Å². The van der Waals surface area contributed by atoms with Crippen molar-refractivity contribution >= 4 is 40.9 Å². The molecule has 5 N–H and O–H groups in total. The number of nitrogens with one attached hydrogen (secondary N) is 4. The first-order valence-electron chi connectivity index (χ1n) is 22.3. The number of hydroxylamine groups is 2. The standard InChI is InChI=1S/C46H74N6O9S/c1-30(2)23-35(49-43(57)61-21-22-62(59)29-46(10)27-60-28-46)19-18-34(24-33-15-12-11-13-16-33)42(56)51-20-14-17-37(51)40(54)50-38(31(3)4)41(55)47-32(5)39(53)48-36-25-44(6,7)52(58)45(8,9)26-36/h11-13,15-16,18-19,30-32,34-38,58H,14,17,20-29H2,1-10H3,(H,47,55)(H,48,53)(H,49,57)(H,50,54)/b19-18+/t32-,34+,35+,37-,38-,62?/m0/s1. The summed E-state index contributed by atoms with van der Waals surface area (Å²) in [6, 6.07) is 6.26. The van der Waals surface area contributed by atoms with Gasteiger partial charge in [-0.1, -0.05) is 77.1 Å². The Kier molecular flexibility index (Phi) is 18.3. The number of amides is 5. The number of nitrogens with zero attached hydrogens (tertiary/aromatic N) is 2. The van der Waals surface area contributed by atoms with E-state index in [1.807, 2.05) is 98.7 Å². The van der Waals surface area contributed by atoms with Crippen molar-refractivity contribution in [2.45, 2.75) is 149 Å². The maximum absolute atomic E-state index is 14.5. The quantitative estimate of drug-likeness (QED) is 0.0918. The Balaban J connectivity index is 1.40. The number of carbonyl (C=O) groups is 5. The lowest BCUT2D eigenvalue weighted by Crippen LogP contribution is -2.64. The highest BCUT2D eigenvalue weighted by molar-refractivity contribution is 7.91. The molecule has 0 radical (unpaired) electrons. The third-order valence-electron chi connectivity index (χ3n) is 12.0. The van der Waals surface area contributed by atoms with Gasteiger partial charge in [0.2, 0.25) is 23.6 Å². The van der Waals surface area contributed by atoms with Gasteiger partial charge in [-0.2, -0.15) is 5.06 Å². The minimum absolute atomic E-state index is 0.0114. The summed E-state index contributed by atoms with van der Waals surface area (Å²) in [5, 5.41) is 23.7. The van der Waals surface area contributed by atoms with Crippen molar-refractivity contribution in [2.24, 2.45) is 23.2 Å². The second-order valence-corrected chi connectivity index (χ2v) is 21.6. The number of alkyl carbamates (subject to hydrolysis) is 1. The van der Waals surface area contributed by atoms with Crippen LogP contribution in [-0.4, -0.2) is 129 Å². The van der Waals surface area contributed by atoms with Crippen LogP contribution in [0.25, 0.3) is 0 Å². The van der Waals surface area contributed by atoms with E-state index in [9.17, 15) is 33.7 Å². The number of piperidine rings is 1. The number of ether oxygens (including phenoxy) is 2. The van der Waals surface area contributed by atoms with Gasteiger partial charge >= 0.3 is 6.09 Å². The van der Waals surface area contributed by atoms with E-state index in [2.05, 4.69) is 21.3 Å². The number of benzene rings is 1. The van der Waals surface area contributed by atoms with E-state index in [1.54, 1.807) is 17.9 Å². The monoisotopic (exact) mass is 887 g/mol.